The third-order valence-electron chi connectivity index (χ3n) is 3.38. The van der Waals surface area contributed by atoms with Crippen LogP contribution in [0.25, 0.3) is 26.9 Å². The fraction of sp³-hybridized carbons (Fsp3) is 0.125. The molecule has 0 spiro atoms. The predicted molar refractivity (Wildman–Crippen MR) is 77.5 cm³/mol. The molecule has 0 bridgehead atoms. The molecule has 1 heterocycles. The maximum absolute atomic E-state index is 9.27. The lowest BCUT2D eigenvalue weighted by Gasteiger charge is -2.07. The molecule has 0 fully saturated rings. The lowest BCUT2D eigenvalue weighted by molar-refractivity contribution is 1.33. The highest BCUT2D eigenvalue weighted by molar-refractivity contribution is 5.96. The van der Waals surface area contributed by atoms with Crippen molar-refractivity contribution >= 4 is 27.8 Å². The summed E-state index contributed by atoms with van der Waals surface area (Å²) >= 11 is 0. The second-order valence-electron chi connectivity index (χ2n) is 4.67. The number of aromatic nitrogens is 2. The Kier molecular flexibility index (Phi) is 2.59. The normalized spacial score (nSPS) is 10.4. The van der Waals surface area contributed by atoms with E-state index in [2.05, 4.69) is 20.9 Å². The predicted octanol–water partition coefficient (Wildman–Crippen LogP) is 3.82. The Morgan fingerprint density at radius 3 is 2.25 bits per heavy atom. The molecule has 0 N–H and O–H groups in total. The largest absolute Gasteiger partial charge is 0.256 e. The summed E-state index contributed by atoms with van der Waals surface area (Å²) in [4.78, 5) is 12.6. The fourth-order valence-electron chi connectivity index (χ4n) is 2.28. The van der Waals surface area contributed by atoms with E-state index in [1.165, 1.54) is 0 Å². The molecule has 3 aromatic rings. The van der Waals surface area contributed by atoms with Crippen molar-refractivity contribution in [2.24, 2.45) is 0 Å². The van der Waals surface area contributed by atoms with E-state index in [1.807, 2.05) is 38.1 Å². The van der Waals surface area contributed by atoms with Gasteiger partial charge in [-0.25, -0.2) is 9.83 Å². The van der Waals surface area contributed by atoms with Gasteiger partial charge in [-0.15, -0.1) is 0 Å². The average molecular weight is 258 g/mol. The first-order valence-electron chi connectivity index (χ1n) is 6.14. The van der Waals surface area contributed by atoms with Crippen LogP contribution in [0.15, 0.2) is 24.3 Å². The van der Waals surface area contributed by atoms with Gasteiger partial charge in [0.05, 0.1) is 28.7 Å². The topological polar surface area (TPSA) is 53.9 Å². The molecule has 0 aliphatic rings. The van der Waals surface area contributed by atoms with Gasteiger partial charge in [-0.2, -0.15) is 5.26 Å². The van der Waals surface area contributed by atoms with Crippen LogP contribution in [0.1, 0.15) is 16.7 Å². The van der Waals surface area contributed by atoms with Gasteiger partial charge in [0.1, 0.15) is 11.6 Å². The molecule has 1 aromatic heterocycles. The first kappa shape index (κ1) is 12.1. The number of fused-ring (bicyclic) bond motifs is 2. The van der Waals surface area contributed by atoms with Crippen LogP contribution in [-0.2, 0) is 0 Å². The molecule has 94 valence electrons. The van der Waals surface area contributed by atoms with Gasteiger partial charge in [0.15, 0.2) is 0 Å². The van der Waals surface area contributed by atoms with Crippen LogP contribution in [0.2, 0.25) is 0 Å². The SMILES string of the molecule is [C-]#[N+]c1c(C)ccc2nc3c(C#N)c(C)ccc3nc12. The molecule has 0 saturated heterocycles. The second-order valence-corrected chi connectivity index (χ2v) is 4.67. The van der Waals surface area contributed by atoms with Gasteiger partial charge < -0.3 is 0 Å². The molecule has 0 aliphatic carbocycles. The number of hydrogen-bond acceptors (Lipinski definition) is 3. The maximum atomic E-state index is 9.27. The summed E-state index contributed by atoms with van der Waals surface area (Å²) in [6.45, 7) is 11.1. The molecule has 0 saturated carbocycles. The minimum Gasteiger partial charge on any atom is -0.256 e. The first-order valence-corrected chi connectivity index (χ1v) is 6.14. The van der Waals surface area contributed by atoms with E-state index in [-0.39, 0.29) is 0 Å². The molecule has 0 radical (unpaired) electrons. The Morgan fingerprint density at radius 2 is 1.60 bits per heavy atom. The van der Waals surface area contributed by atoms with Crippen molar-refractivity contribution in [2.75, 3.05) is 0 Å². The Labute approximate surface area is 116 Å². The van der Waals surface area contributed by atoms with Crippen LogP contribution in [0.4, 0.5) is 5.69 Å². The van der Waals surface area contributed by atoms with Gasteiger partial charge in [-0.3, -0.25) is 4.98 Å². The summed E-state index contributed by atoms with van der Waals surface area (Å²) in [7, 11) is 0. The zero-order valence-electron chi connectivity index (χ0n) is 11.1. The first-order chi connectivity index (χ1) is 9.65. The van der Waals surface area contributed by atoms with Crippen molar-refractivity contribution in [3.63, 3.8) is 0 Å². The van der Waals surface area contributed by atoms with E-state index >= 15 is 0 Å². The number of hydrogen-bond donors (Lipinski definition) is 0. The van der Waals surface area contributed by atoms with Crippen molar-refractivity contribution in [1.29, 1.82) is 5.26 Å². The van der Waals surface area contributed by atoms with Crippen molar-refractivity contribution in [2.45, 2.75) is 13.8 Å². The van der Waals surface area contributed by atoms with Gasteiger partial charge in [-0.05, 0) is 37.1 Å². The van der Waals surface area contributed by atoms with E-state index < -0.39 is 0 Å². The van der Waals surface area contributed by atoms with Crippen LogP contribution in [-0.4, -0.2) is 9.97 Å². The van der Waals surface area contributed by atoms with E-state index in [4.69, 9.17) is 6.57 Å². The number of rotatable bonds is 0. The van der Waals surface area contributed by atoms with Gasteiger partial charge in [0.2, 0.25) is 5.69 Å². The molecular formula is C16H10N4. The quantitative estimate of drug-likeness (QED) is 0.455. The smallest absolute Gasteiger partial charge is 0.217 e. The Bertz CT molecular complexity index is 863. The Hall–Kier alpha value is -2.98. The van der Waals surface area contributed by atoms with Gasteiger partial charge in [0, 0.05) is 0 Å². The number of nitrogens with zero attached hydrogens (tertiary/aromatic N) is 4. The van der Waals surface area contributed by atoms with Gasteiger partial charge in [-0.1, -0.05) is 12.1 Å². The molecule has 2 aromatic carbocycles. The molecule has 0 aliphatic heterocycles. The number of nitriles is 1. The standard InChI is InChI=1S/C16H10N4/c1-9-4-6-12-15(11(9)8-17)19-13-7-5-10(2)14(18-3)16(13)20-12/h4-7H,1-2H3. The molecule has 0 unspecified atom stereocenters. The summed E-state index contributed by atoms with van der Waals surface area (Å²) in [5.41, 5.74) is 5.32. The zero-order valence-corrected chi connectivity index (χ0v) is 11.1. The summed E-state index contributed by atoms with van der Waals surface area (Å²) in [6, 6.07) is 9.58. The van der Waals surface area contributed by atoms with Crippen molar-refractivity contribution in [3.05, 3.63) is 52.4 Å². The molecule has 4 nitrogen and oxygen atoms in total. The third kappa shape index (κ3) is 1.60. The molecule has 3 rings (SSSR count). The van der Waals surface area contributed by atoms with Gasteiger partial charge in [0.25, 0.3) is 0 Å². The number of benzene rings is 2. The van der Waals surface area contributed by atoms with E-state index in [1.54, 1.807) is 0 Å². The fourth-order valence-corrected chi connectivity index (χ4v) is 2.28. The number of aryl methyl sites for hydroxylation is 2. The lowest BCUT2D eigenvalue weighted by Crippen LogP contribution is -1.93. The van der Waals surface area contributed by atoms with Crippen LogP contribution in [0.3, 0.4) is 0 Å². The van der Waals surface area contributed by atoms with E-state index in [0.29, 0.717) is 33.3 Å². The van der Waals surface area contributed by atoms with Crippen LogP contribution in [0, 0.1) is 31.8 Å². The van der Waals surface area contributed by atoms with E-state index in [0.717, 1.165) is 11.1 Å². The summed E-state index contributed by atoms with van der Waals surface area (Å²) in [6.07, 6.45) is 0. The lowest BCUT2D eigenvalue weighted by atomic mass is 10.1. The summed E-state index contributed by atoms with van der Waals surface area (Å²) in [5.74, 6) is 0. The highest BCUT2D eigenvalue weighted by Crippen LogP contribution is 2.30. The highest BCUT2D eigenvalue weighted by Gasteiger charge is 2.12. The molecule has 0 amide bonds. The maximum Gasteiger partial charge on any atom is 0.217 e. The van der Waals surface area contributed by atoms with Crippen molar-refractivity contribution in [1.82, 2.24) is 9.97 Å². The minimum atomic E-state index is 0.524. The Morgan fingerprint density at radius 1 is 1.00 bits per heavy atom. The molecule has 4 heteroatoms. The van der Waals surface area contributed by atoms with Gasteiger partial charge >= 0.3 is 0 Å². The Balaban J connectivity index is 2.54. The van der Waals surface area contributed by atoms with Crippen LogP contribution >= 0.6 is 0 Å². The van der Waals surface area contributed by atoms with Crippen molar-refractivity contribution < 1.29 is 0 Å². The van der Waals surface area contributed by atoms with Crippen molar-refractivity contribution in [3.8, 4) is 6.07 Å². The highest BCUT2D eigenvalue weighted by atomic mass is 14.8. The third-order valence-corrected chi connectivity index (χ3v) is 3.38. The average Bonchev–Trinajstić information content (AvgIpc) is 2.45. The van der Waals surface area contributed by atoms with Crippen LogP contribution in [0.5, 0.6) is 0 Å². The summed E-state index contributed by atoms with van der Waals surface area (Å²) < 4.78 is 0. The van der Waals surface area contributed by atoms with E-state index in [9.17, 15) is 5.26 Å². The van der Waals surface area contributed by atoms with Crippen LogP contribution < -0.4 is 0 Å². The minimum absolute atomic E-state index is 0.524. The molecule has 0 atom stereocenters. The monoisotopic (exact) mass is 258 g/mol. The molecule has 20 heavy (non-hydrogen) atoms. The second kappa shape index (κ2) is 4.29. The summed E-state index contributed by atoms with van der Waals surface area (Å²) in [5, 5.41) is 9.27. The molecular weight excluding hydrogens is 248 g/mol. The zero-order chi connectivity index (χ0) is 14.3.